The number of benzene rings is 1. The number of hydrogen-bond acceptors (Lipinski definition) is 6. The van der Waals surface area contributed by atoms with Gasteiger partial charge in [0.2, 0.25) is 11.8 Å². The van der Waals surface area contributed by atoms with Crippen LogP contribution in [0.25, 0.3) is 11.1 Å². The van der Waals surface area contributed by atoms with E-state index in [4.69, 9.17) is 19.6 Å². The van der Waals surface area contributed by atoms with Crippen molar-refractivity contribution in [1.82, 2.24) is 4.98 Å². The van der Waals surface area contributed by atoms with Crippen LogP contribution in [0.15, 0.2) is 22.6 Å². The van der Waals surface area contributed by atoms with Gasteiger partial charge in [-0.15, -0.1) is 0 Å². The van der Waals surface area contributed by atoms with Crippen LogP contribution in [0.5, 0.6) is 0 Å². The summed E-state index contributed by atoms with van der Waals surface area (Å²) in [6.45, 7) is 1.32. The number of ether oxygens (including phenoxy) is 2. The van der Waals surface area contributed by atoms with Gasteiger partial charge in [0, 0.05) is 26.0 Å². The number of carbonyl (C=O) groups is 1. The van der Waals surface area contributed by atoms with Gasteiger partial charge >= 0.3 is 0 Å². The molecule has 7 nitrogen and oxygen atoms in total. The highest BCUT2D eigenvalue weighted by Crippen LogP contribution is 2.23. The van der Waals surface area contributed by atoms with Gasteiger partial charge in [0.1, 0.15) is 17.7 Å². The Labute approximate surface area is 127 Å². The third kappa shape index (κ3) is 2.96. The molecular weight excluding hydrogens is 286 g/mol. The molecule has 1 fully saturated rings. The average Bonchev–Trinajstić information content (AvgIpc) is 2.90. The Balaban J connectivity index is 1.77. The molecule has 0 aliphatic carbocycles. The maximum absolute atomic E-state index is 12.4. The van der Waals surface area contributed by atoms with Gasteiger partial charge in [0.15, 0.2) is 5.58 Å². The van der Waals surface area contributed by atoms with E-state index in [1.165, 1.54) is 0 Å². The zero-order valence-electron chi connectivity index (χ0n) is 12.4. The van der Waals surface area contributed by atoms with Gasteiger partial charge in [-0.3, -0.25) is 4.79 Å². The minimum atomic E-state index is -0.877. The summed E-state index contributed by atoms with van der Waals surface area (Å²) >= 11 is 0. The lowest BCUT2D eigenvalue weighted by Crippen LogP contribution is -2.54. The first kappa shape index (κ1) is 15.0. The van der Waals surface area contributed by atoms with Crippen LogP contribution in [0.3, 0.4) is 0 Å². The Morgan fingerprint density at radius 3 is 2.95 bits per heavy atom. The molecule has 3 N–H and O–H groups in total. The molecule has 1 aliphatic heterocycles. The van der Waals surface area contributed by atoms with E-state index in [-0.39, 0.29) is 5.91 Å². The highest BCUT2D eigenvalue weighted by atomic mass is 16.5. The lowest BCUT2D eigenvalue weighted by molar-refractivity contribution is -0.124. The molecule has 2 aromatic rings. The number of nitrogens with zero attached hydrogens (tertiary/aromatic N) is 1. The van der Waals surface area contributed by atoms with E-state index >= 15 is 0 Å². The summed E-state index contributed by atoms with van der Waals surface area (Å²) in [6, 6.07) is 5.30. The van der Waals surface area contributed by atoms with Crippen molar-refractivity contribution >= 4 is 22.7 Å². The number of oxazole rings is 1. The van der Waals surface area contributed by atoms with Crippen molar-refractivity contribution in [2.45, 2.75) is 25.0 Å². The van der Waals surface area contributed by atoms with Crippen LogP contribution in [0.4, 0.5) is 5.69 Å². The Morgan fingerprint density at radius 2 is 2.23 bits per heavy atom. The van der Waals surface area contributed by atoms with Crippen LogP contribution in [0.1, 0.15) is 18.7 Å². The van der Waals surface area contributed by atoms with Crippen molar-refractivity contribution < 1.29 is 18.7 Å². The molecular formula is C15H19N3O4. The van der Waals surface area contributed by atoms with Gasteiger partial charge < -0.3 is 24.9 Å². The van der Waals surface area contributed by atoms with Crippen molar-refractivity contribution in [1.29, 1.82) is 0 Å². The second-order valence-corrected chi connectivity index (χ2v) is 5.45. The molecule has 2 heterocycles. The fourth-order valence-electron chi connectivity index (χ4n) is 2.46. The number of aromatic nitrogens is 1. The smallest absolute Gasteiger partial charge is 0.244 e. The standard InChI is InChI=1S/C15H19N3O4/c1-20-9-13-18-11-8-10(2-3-12(11)22-13)17-14(19)15(16)4-6-21-7-5-15/h2-3,8H,4-7,9,16H2,1H3,(H,17,19). The van der Waals surface area contributed by atoms with Gasteiger partial charge in [0.25, 0.3) is 0 Å². The summed E-state index contributed by atoms with van der Waals surface area (Å²) in [5, 5.41) is 2.85. The van der Waals surface area contributed by atoms with Gasteiger partial charge in [-0.2, -0.15) is 0 Å². The van der Waals surface area contributed by atoms with Crippen LogP contribution in [-0.2, 0) is 20.9 Å². The minimum Gasteiger partial charge on any atom is -0.438 e. The first-order valence-corrected chi connectivity index (χ1v) is 7.17. The summed E-state index contributed by atoms with van der Waals surface area (Å²) in [5.74, 6) is 0.302. The van der Waals surface area contributed by atoms with E-state index in [2.05, 4.69) is 10.3 Å². The monoisotopic (exact) mass is 305 g/mol. The molecule has 1 amide bonds. The molecule has 1 aromatic carbocycles. The minimum absolute atomic E-state index is 0.198. The van der Waals surface area contributed by atoms with Gasteiger partial charge in [-0.1, -0.05) is 0 Å². The lowest BCUT2D eigenvalue weighted by Gasteiger charge is -2.31. The van der Waals surface area contributed by atoms with Gasteiger partial charge in [-0.05, 0) is 31.0 Å². The average molecular weight is 305 g/mol. The van der Waals surface area contributed by atoms with E-state index in [9.17, 15) is 4.79 Å². The predicted octanol–water partition coefficient (Wildman–Crippen LogP) is 1.42. The summed E-state index contributed by atoms with van der Waals surface area (Å²) in [6.07, 6.45) is 1.03. The second kappa shape index (κ2) is 6.04. The molecule has 118 valence electrons. The largest absolute Gasteiger partial charge is 0.438 e. The zero-order valence-corrected chi connectivity index (χ0v) is 12.4. The van der Waals surface area contributed by atoms with Crippen LogP contribution in [0.2, 0.25) is 0 Å². The van der Waals surface area contributed by atoms with E-state index in [0.29, 0.717) is 55.3 Å². The van der Waals surface area contributed by atoms with Crippen molar-refractivity contribution in [3.8, 4) is 0 Å². The predicted molar refractivity (Wildman–Crippen MR) is 80.3 cm³/mol. The van der Waals surface area contributed by atoms with Crippen LogP contribution < -0.4 is 11.1 Å². The molecule has 0 saturated carbocycles. The Kier molecular flexibility index (Phi) is 4.10. The number of methoxy groups -OCH3 is 1. The van der Waals surface area contributed by atoms with E-state index in [0.717, 1.165) is 0 Å². The van der Waals surface area contributed by atoms with E-state index < -0.39 is 5.54 Å². The third-order valence-electron chi connectivity index (χ3n) is 3.79. The number of amides is 1. The fourth-order valence-corrected chi connectivity index (χ4v) is 2.46. The molecule has 0 unspecified atom stereocenters. The van der Waals surface area contributed by atoms with Crippen molar-refractivity contribution in [2.24, 2.45) is 5.73 Å². The lowest BCUT2D eigenvalue weighted by atomic mass is 9.90. The molecule has 7 heteroatoms. The zero-order chi connectivity index (χ0) is 15.6. The molecule has 1 aliphatic rings. The third-order valence-corrected chi connectivity index (χ3v) is 3.79. The number of hydrogen-bond donors (Lipinski definition) is 2. The highest BCUT2D eigenvalue weighted by Gasteiger charge is 2.35. The van der Waals surface area contributed by atoms with Crippen LogP contribution in [0, 0.1) is 0 Å². The number of nitrogens with two attached hydrogens (primary N) is 1. The van der Waals surface area contributed by atoms with Gasteiger partial charge in [0.05, 0.1) is 0 Å². The summed E-state index contributed by atoms with van der Waals surface area (Å²) < 4.78 is 15.8. The molecule has 0 radical (unpaired) electrons. The van der Waals surface area contributed by atoms with Crippen LogP contribution >= 0.6 is 0 Å². The summed E-state index contributed by atoms with van der Waals surface area (Å²) in [7, 11) is 1.58. The first-order chi connectivity index (χ1) is 10.6. The van der Waals surface area contributed by atoms with Crippen molar-refractivity contribution in [3.63, 3.8) is 0 Å². The number of anilines is 1. The second-order valence-electron chi connectivity index (χ2n) is 5.45. The van der Waals surface area contributed by atoms with Crippen LogP contribution in [-0.4, -0.2) is 36.8 Å². The SMILES string of the molecule is COCc1nc2cc(NC(=O)C3(N)CCOCC3)ccc2o1. The van der Waals surface area contributed by atoms with Crippen molar-refractivity contribution in [2.75, 3.05) is 25.6 Å². The Morgan fingerprint density at radius 1 is 1.45 bits per heavy atom. The maximum atomic E-state index is 12.4. The topological polar surface area (TPSA) is 99.6 Å². The number of nitrogens with one attached hydrogen (secondary N) is 1. The molecule has 0 bridgehead atoms. The molecule has 3 rings (SSSR count). The Bertz CT molecular complexity index is 676. The molecule has 0 atom stereocenters. The Hall–Kier alpha value is -1.96. The molecule has 1 aromatic heterocycles. The van der Waals surface area contributed by atoms with Crippen molar-refractivity contribution in [3.05, 3.63) is 24.1 Å². The maximum Gasteiger partial charge on any atom is 0.244 e. The van der Waals surface area contributed by atoms with E-state index in [1.807, 2.05) is 0 Å². The first-order valence-electron chi connectivity index (χ1n) is 7.17. The molecule has 1 saturated heterocycles. The molecule has 22 heavy (non-hydrogen) atoms. The van der Waals surface area contributed by atoms with Gasteiger partial charge in [-0.25, -0.2) is 4.98 Å². The number of fused-ring (bicyclic) bond motifs is 1. The fraction of sp³-hybridized carbons (Fsp3) is 0.467. The quantitative estimate of drug-likeness (QED) is 0.886. The summed E-state index contributed by atoms with van der Waals surface area (Å²) in [4.78, 5) is 16.7. The number of rotatable bonds is 4. The highest BCUT2D eigenvalue weighted by molar-refractivity contribution is 5.99. The normalized spacial score (nSPS) is 17.5. The molecule has 0 spiro atoms. The summed E-state index contributed by atoms with van der Waals surface area (Å²) in [5.41, 5.74) is 7.25. The van der Waals surface area contributed by atoms with E-state index in [1.54, 1.807) is 25.3 Å². The number of carbonyl (C=O) groups excluding carboxylic acids is 1.